The van der Waals surface area contributed by atoms with Gasteiger partial charge < -0.3 is 28.8 Å². The molecule has 0 fully saturated rings. The van der Waals surface area contributed by atoms with Gasteiger partial charge in [-0.25, -0.2) is 0 Å². The van der Waals surface area contributed by atoms with E-state index in [0.717, 1.165) is 44.9 Å². The molecule has 426 valence electrons. The lowest BCUT2D eigenvalue weighted by Gasteiger charge is -2.29. The van der Waals surface area contributed by atoms with E-state index in [-0.39, 0.29) is 12.5 Å². The number of nitrogens with one attached hydrogen (secondary N) is 1. The third-order valence-corrected chi connectivity index (χ3v) is 15.3. The van der Waals surface area contributed by atoms with Crippen LogP contribution in [0.3, 0.4) is 0 Å². The fourth-order valence-corrected chi connectivity index (χ4v) is 10.1. The second kappa shape index (κ2) is 54.5. The van der Waals surface area contributed by atoms with Crippen LogP contribution >= 0.6 is 7.82 Å². The fourth-order valence-electron chi connectivity index (χ4n) is 9.42. The first-order chi connectivity index (χ1) is 35.0. The number of hydrogen-bond acceptors (Lipinski definition) is 6. The first-order valence-corrected chi connectivity index (χ1v) is 32.8. The summed E-state index contributed by atoms with van der Waals surface area (Å²) in [4.78, 5) is 25.5. The molecule has 0 rings (SSSR count). The molecule has 0 aromatic rings. The predicted molar refractivity (Wildman–Crippen MR) is 311 cm³/mol. The van der Waals surface area contributed by atoms with Gasteiger partial charge in [0, 0.05) is 6.42 Å². The SMILES string of the molecule is CCCCCCCCCCCC/C=C/CC/C=C/CC/C=C/C(O)C(COP(=O)([O-])OCC[N+](C)(C)C)NC(=O)CCCCCCCCCCCCCCCCCCCCCCCCCCCCCCCC. The summed E-state index contributed by atoms with van der Waals surface area (Å²) >= 11 is 0. The van der Waals surface area contributed by atoms with Gasteiger partial charge in [-0.15, -0.1) is 0 Å². The molecular formula is C63H123N2O6P. The Labute approximate surface area is 448 Å². The first kappa shape index (κ1) is 70.7. The Morgan fingerprint density at radius 2 is 0.778 bits per heavy atom. The molecule has 1 amide bonds. The maximum atomic E-state index is 13.0. The van der Waals surface area contributed by atoms with Crippen LogP contribution in [0.25, 0.3) is 0 Å². The van der Waals surface area contributed by atoms with Gasteiger partial charge in [0.25, 0.3) is 7.82 Å². The molecule has 0 bridgehead atoms. The molecule has 72 heavy (non-hydrogen) atoms. The second-order valence-electron chi connectivity index (χ2n) is 22.8. The number of carbonyl (C=O) groups is 1. The third-order valence-electron chi connectivity index (χ3n) is 14.3. The van der Waals surface area contributed by atoms with Gasteiger partial charge in [0.1, 0.15) is 13.2 Å². The molecule has 0 radical (unpaired) electrons. The summed E-state index contributed by atoms with van der Waals surface area (Å²) in [6.07, 6.45) is 71.1. The van der Waals surface area contributed by atoms with Crippen molar-refractivity contribution >= 4 is 13.7 Å². The van der Waals surface area contributed by atoms with Gasteiger partial charge in [0.15, 0.2) is 0 Å². The van der Waals surface area contributed by atoms with Crippen molar-refractivity contribution in [1.29, 1.82) is 0 Å². The van der Waals surface area contributed by atoms with Crippen molar-refractivity contribution in [3.8, 4) is 0 Å². The molecular weight excluding hydrogens is 912 g/mol. The lowest BCUT2D eigenvalue weighted by Crippen LogP contribution is -2.45. The number of unbranched alkanes of at least 4 members (excludes halogenated alkanes) is 41. The van der Waals surface area contributed by atoms with Crippen LogP contribution in [0.4, 0.5) is 0 Å². The standard InChI is InChI=1S/C63H123N2O6P/c1-6-8-10-12-14-16-18-20-22-24-26-28-29-30-31-32-33-34-35-36-37-39-41-43-45-47-49-51-53-55-57-63(67)64-61(60-71-72(68,69)70-59-58-65(3,4)5)62(66)56-54-52-50-48-46-44-42-40-38-27-25-23-21-19-17-15-13-11-9-7-2/h38,40,46,48,54,56,61-62,66H,6-37,39,41-45,47,49-53,55,57-60H2,1-5H3,(H-,64,67,68,69)/b40-38+,48-46+,56-54+. The van der Waals surface area contributed by atoms with Crippen LogP contribution in [-0.2, 0) is 18.4 Å². The van der Waals surface area contributed by atoms with E-state index >= 15 is 0 Å². The Bertz CT molecular complexity index is 1270. The summed E-state index contributed by atoms with van der Waals surface area (Å²) in [7, 11) is 1.25. The number of aliphatic hydroxyl groups excluding tert-OH is 1. The van der Waals surface area contributed by atoms with Crippen molar-refractivity contribution in [2.75, 3.05) is 40.9 Å². The van der Waals surface area contributed by atoms with Crippen LogP contribution in [0.1, 0.15) is 309 Å². The summed E-state index contributed by atoms with van der Waals surface area (Å²) in [6, 6.07) is -0.908. The fraction of sp³-hybridized carbons (Fsp3) is 0.889. The molecule has 0 aliphatic rings. The highest BCUT2D eigenvalue weighted by Crippen LogP contribution is 2.38. The number of carbonyl (C=O) groups excluding carboxylic acids is 1. The Kier molecular flexibility index (Phi) is 53.5. The van der Waals surface area contributed by atoms with Gasteiger partial charge >= 0.3 is 0 Å². The Hall–Kier alpha value is -1.28. The molecule has 0 aliphatic carbocycles. The van der Waals surface area contributed by atoms with Crippen LogP contribution < -0.4 is 10.2 Å². The maximum Gasteiger partial charge on any atom is 0.268 e. The zero-order valence-corrected chi connectivity index (χ0v) is 49.5. The lowest BCUT2D eigenvalue weighted by atomic mass is 10.0. The van der Waals surface area contributed by atoms with E-state index in [1.807, 2.05) is 27.2 Å². The minimum Gasteiger partial charge on any atom is -0.756 e. The van der Waals surface area contributed by atoms with E-state index in [9.17, 15) is 19.4 Å². The molecule has 0 aromatic heterocycles. The molecule has 0 aliphatic heterocycles. The Morgan fingerprint density at radius 3 is 1.12 bits per heavy atom. The van der Waals surface area contributed by atoms with Gasteiger partial charge in [-0.2, -0.15) is 0 Å². The topological polar surface area (TPSA) is 108 Å². The van der Waals surface area contributed by atoms with Crippen LogP contribution in [0.15, 0.2) is 36.5 Å². The molecule has 0 aromatic carbocycles. The number of allylic oxidation sites excluding steroid dienone is 5. The molecule has 2 N–H and O–H groups in total. The molecule has 0 saturated carbocycles. The zero-order chi connectivity index (χ0) is 52.7. The van der Waals surface area contributed by atoms with E-state index in [4.69, 9.17) is 9.05 Å². The highest BCUT2D eigenvalue weighted by molar-refractivity contribution is 7.45. The van der Waals surface area contributed by atoms with Crippen molar-refractivity contribution in [3.05, 3.63) is 36.5 Å². The van der Waals surface area contributed by atoms with Crippen molar-refractivity contribution < 1.29 is 32.9 Å². The Morgan fingerprint density at radius 1 is 0.472 bits per heavy atom. The van der Waals surface area contributed by atoms with E-state index in [0.29, 0.717) is 17.4 Å². The van der Waals surface area contributed by atoms with E-state index < -0.39 is 26.6 Å². The number of rotatable bonds is 58. The summed E-state index contributed by atoms with van der Waals surface area (Å²) in [6.45, 7) is 4.66. The largest absolute Gasteiger partial charge is 0.756 e. The summed E-state index contributed by atoms with van der Waals surface area (Å²) in [5.74, 6) is -0.205. The van der Waals surface area contributed by atoms with Gasteiger partial charge in [-0.1, -0.05) is 294 Å². The van der Waals surface area contributed by atoms with Gasteiger partial charge in [-0.05, 0) is 44.9 Å². The molecule has 0 spiro atoms. The van der Waals surface area contributed by atoms with Crippen LogP contribution in [-0.4, -0.2) is 68.5 Å². The summed E-state index contributed by atoms with van der Waals surface area (Å²) in [5.41, 5.74) is 0. The average molecular weight is 1040 g/mol. The normalized spacial score (nSPS) is 14.0. The van der Waals surface area contributed by atoms with Crippen molar-refractivity contribution in [1.82, 2.24) is 5.32 Å². The van der Waals surface area contributed by atoms with Crippen molar-refractivity contribution in [2.24, 2.45) is 0 Å². The zero-order valence-electron chi connectivity index (χ0n) is 48.6. The number of nitrogens with zero attached hydrogens (tertiary/aromatic N) is 1. The van der Waals surface area contributed by atoms with Crippen LogP contribution in [0.2, 0.25) is 0 Å². The average Bonchev–Trinajstić information content (AvgIpc) is 3.34. The number of likely N-dealkylation sites (N-methyl/N-ethyl adjacent to an activating group) is 1. The minimum atomic E-state index is -4.61. The molecule has 3 unspecified atom stereocenters. The molecule has 3 atom stereocenters. The number of quaternary nitrogens is 1. The number of hydrogen-bond donors (Lipinski definition) is 2. The number of amides is 1. The lowest BCUT2D eigenvalue weighted by molar-refractivity contribution is -0.870. The molecule has 9 heteroatoms. The minimum absolute atomic E-state index is 0.00729. The van der Waals surface area contributed by atoms with E-state index in [1.54, 1.807) is 6.08 Å². The highest BCUT2D eigenvalue weighted by atomic mass is 31.2. The van der Waals surface area contributed by atoms with Crippen LogP contribution in [0, 0.1) is 0 Å². The summed E-state index contributed by atoms with van der Waals surface area (Å²) < 4.78 is 23.4. The quantitative estimate of drug-likeness (QED) is 0.0272. The monoisotopic (exact) mass is 1030 g/mol. The van der Waals surface area contributed by atoms with Crippen molar-refractivity contribution in [3.63, 3.8) is 0 Å². The number of phosphoric ester groups is 1. The van der Waals surface area contributed by atoms with Gasteiger partial charge in [0.05, 0.1) is 39.9 Å². The molecule has 8 nitrogen and oxygen atoms in total. The van der Waals surface area contributed by atoms with Gasteiger partial charge in [-0.3, -0.25) is 9.36 Å². The molecule has 0 saturated heterocycles. The highest BCUT2D eigenvalue weighted by Gasteiger charge is 2.23. The summed E-state index contributed by atoms with van der Waals surface area (Å²) in [5, 5.41) is 13.9. The first-order valence-electron chi connectivity index (χ1n) is 31.4. The van der Waals surface area contributed by atoms with Crippen LogP contribution in [0.5, 0.6) is 0 Å². The molecule has 0 heterocycles. The smallest absolute Gasteiger partial charge is 0.268 e. The number of aliphatic hydroxyl groups is 1. The second-order valence-corrected chi connectivity index (χ2v) is 24.2. The third kappa shape index (κ3) is 56.4. The maximum absolute atomic E-state index is 13.0. The van der Waals surface area contributed by atoms with Gasteiger partial charge in [0.2, 0.25) is 5.91 Å². The van der Waals surface area contributed by atoms with E-state index in [2.05, 4.69) is 43.5 Å². The predicted octanol–water partition coefficient (Wildman–Crippen LogP) is 18.7. The van der Waals surface area contributed by atoms with Crippen molar-refractivity contribution in [2.45, 2.75) is 321 Å². The Balaban J connectivity index is 4.12. The number of phosphoric acid groups is 1. The van der Waals surface area contributed by atoms with E-state index in [1.165, 1.54) is 244 Å².